The lowest BCUT2D eigenvalue weighted by Crippen LogP contribution is -2.43. The van der Waals surface area contributed by atoms with E-state index in [9.17, 15) is 9.59 Å². The van der Waals surface area contributed by atoms with Crippen molar-refractivity contribution in [2.24, 2.45) is 5.92 Å². The topological polar surface area (TPSA) is 93.3 Å². The van der Waals surface area contributed by atoms with Gasteiger partial charge in [0.05, 0.1) is 43.1 Å². The third-order valence-corrected chi connectivity index (χ3v) is 5.60. The van der Waals surface area contributed by atoms with E-state index in [1.165, 1.54) is 6.42 Å². The van der Waals surface area contributed by atoms with Crippen LogP contribution in [0.15, 0.2) is 10.6 Å². The molecule has 1 saturated carbocycles. The summed E-state index contributed by atoms with van der Waals surface area (Å²) in [4.78, 5) is 26.6. The summed E-state index contributed by atoms with van der Waals surface area (Å²) in [5, 5.41) is 11.3. The highest BCUT2D eigenvalue weighted by Gasteiger charge is 2.31. The molecule has 0 atom stereocenters. The fourth-order valence-electron chi connectivity index (χ4n) is 3.68. The first kappa shape index (κ1) is 17.8. The summed E-state index contributed by atoms with van der Waals surface area (Å²) in [7, 11) is 0. The molecule has 0 spiro atoms. The summed E-state index contributed by atoms with van der Waals surface area (Å²) in [6, 6.07) is 1.98. The van der Waals surface area contributed by atoms with Crippen molar-refractivity contribution in [2.45, 2.75) is 59.2 Å². The fourth-order valence-corrected chi connectivity index (χ4v) is 3.68. The molecule has 4 rings (SSSR count). The van der Waals surface area contributed by atoms with E-state index < -0.39 is 0 Å². The summed E-state index contributed by atoms with van der Waals surface area (Å²) in [6.45, 7) is 6.04. The minimum Gasteiger partial charge on any atom is -0.361 e. The van der Waals surface area contributed by atoms with Gasteiger partial charge in [-0.05, 0) is 32.8 Å². The van der Waals surface area contributed by atoms with Crippen LogP contribution >= 0.6 is 0 Å². The maximum absolute atomic E-state index is 12.4. The van der Waals surface area contributed by atoms with E-state index in [4.69, 9.17) is 4.52 Å². The highest BCUT2D eigenvalue weighted by Crippen LogP contribution is 2.29. The number of aromatic nitrogens is 3. The maximum atomic E-state index is 12.4. The summed E-state index contributed by atoms with van der Waals surface area (Å²) in [6.07, 6.45) is 3.46. The van der Waals surface area contributed by atoms with E-state index in [2.05, 4.69) is 15.6 Å². The van der Waals surface area contributed by atoms with Crippen LogP contribution in [0.3, 0.4) is 0 Å². The van der Waals surface area contributed by atoms with Crippen molar-refractivity contribution in [1.29, 1.82) is 0 Å². The van der Waals surface area contributed by atoms with Crippen LogP contribution in [0.1, 0.15) is 47.7 Å². The fraction of sp³-hybridized carbons (Fsp3) is 0.579. The molecule has 3 heterocycles. The first-order valence-electron chi connectivity index (χ1n) is 9.54. The van der Waals surface area contributed by atoms with E-state index in [1.807, 2.05) is 29.5 Å². The van der Waals surface area contributed by atoms with Crippen molar-refractivity contribution in [3.05, 3.63) is 34.5 Å². The summed E-state index contributed by atoms with van der Waals surface area (Å²) in [5.74, 6) is 1.10. The summed E-state index contributed by atoms with van der Waals surface area (Å²) < 4.78 is 7.04. The zero-order valence-electron chi connectivity index (χ0n) is 15.8. The normalized spacial score (nSPS) is 16.7. The quantitative estimate of drug-likeness (QED) is 0.859. The average molecular weight is 371 g/mol. The number of nitrogens with one attached hydrogen (secondary N) is 1. The lowest BCUT2D eigenvalue weighted by Gasteiger charge is -2.34. The lowest BCUT2D eigenvalue weighted by molar-refractivity contribution is -0.139. The van der Waals surface area contributed by atoms with Crippen LogP contribution in [-0.4, -0.2) is 38.2 Å². The number of amides is 2. The Balaban J connectivity index is 1.33. The second-order valence-corrected chi connectivity index (χ2v) is 7.49. The van der Waals surface area contributed by atoms with Gasteiger partial charge in [0.2, 0.25) is 11.8 Å². The first-order valence-corrected chi connectivity index (χ1v) is 9.54. The van der Waals surface area contributed by atoms with Gasteiger partial charge in [0.25, 0.3) is 0 Å². The van der Waals surface area contributed by atoms with Crippen molar-refractivity contribution >= 4 is 11.8 Å². The predicted molar refractivity (Wildman–Crippen MR) is 96.5 cm³/mol. The molecule has 0 aromatic carbocycles. The minimum atomic E-state index is -0.0860. The van der Waals surface area contributed by atoms with Gasteiger partial charge in [-0.1, -0.05) is 11.6 Å². The number of hydrogen-bond acceptors (Lipinski definition) is 5. The Bertz CT molecular complexity index is 845. The highest BCUT2D eigenvalue weighted by molar-refractivity contribution is 5.80. The molecule has 2 aromatic heterocycles. The molecule has 2 amide bonds. The third kappa shape index (κ3) is 3.61. The van der Waals surface area contributed by atoms with Crippen LogP contribution in [0.4, 0.5) is 0 Å². The van der Waals surface area contributed by atoms with Crippen molar-refractivity contribution in [3.63, 3.8) is 0 Å². The zero-order valence-corrected chi connectivity index (χ0v) is 15.8. The second-order valence-electron chi connectivity index (χ2n) is 7.49. The van der Waals surface area contributed by atoms with E-state index in [0.29, 0.717) is 31.9 Å². The van der Waals surface area contributed by atoms with Crippen LogP contribution in [0.5, 0.6) is 0 Å². The molecule has 1 fully saturated rings. The number of rotatable bonds is 5. The molecule has 0 radical (unpaired) electrons. The molecule has 0 saturated heterocycles. The van der Waals surface area contributed by atoms with Crippen LogP contribution in [0, 0.1) is 19.8 Å². The van der Waals surface area contributed by atoms with Gasteiger partial charge in [-0.2, -0.15) is 5.10 Å². The number of fused-ring (bicyclic) bond motifs is 1. The molecule has 1 aliphatic carbocycles. The van der Waals surface area contributed by atoms with Gasteiger partial charge < -0.3 is 14.7 Å². The van der Waals surface area contributed by atoms with Crippen LogP contribution in [0.2, 0.25) is 0 Å². The Morgan fingerprint density at radius 3 is 2.78 bits per heavy atom. The molecule has 1 aliphatic heterocycles. The Morgan fingerprint density at radius 1 is 1.30 bits per heavy atom. The van der Waals surface area contributed by atoms with Crippen molar-refractivity contribution in [1.82, 2.24) is 25.2 Å². The van der Waals surface area contributed by atoms with Gasteiger partial charge in [-0.3, -0.25) is 14.3 Å². The monoisotopic (exact) mass is 371 g/mol. The Labute approximate surface area is 157 Å². The summed E-state index contributed by atoms with van der Waals surface area (Å²) >= 11 is 0. The number of hydrogen-bond donors (Lipinski definition) is 1. The molecule has 144 valence electrons. The predicted octanol–water partition coefficient (Wildman–Crippen LogP) is 1.49. The van der Waals surface area contributed by atoms with Gasteiger partial charge in [0.15, 0.2) is 0 Å². The molecule has 0 bridgehead atoms. The van der Waals surface area contributed by atoms with Gasteiger partial charge in [0, 0.05) is 18.0 Å². The molecular formula is C19H25N5O3. The highest BCUT2D eigenvalue weighted by atomic mass is 16.5. The van der Waals surface area contributed by atoms with E-state index >= 15 is 0 Å². The smallest absolute Gasteiger partial charge is 0.226 e. The summed E-state index contributed by atoms with van der Waals surface area (Å²) in [5.41, 5.74) is 3.43. The van der Waals surface area contributed by atoms with Crippen LogP contribution < -0.4 is 5.32 Å². The molecule has 27 heavy (non-hydrogen) atoms. The molecule has 2 aromatic rings. The molecule has 1 N–H and O–H groups in total. The number of nitrogens with zero attached hydrogens (tertiary/aromatic N) is 4. The van der Waals surface area contributed by atoms with Crippen molar-refractivity contribution < 1.29 is 14.1 Å². The van der Waals surface area contributed by atoms with Crippen molar-refractivity contribution in [3.8, 4) is 0 Å². The maximum Gasteiger partial charge on any atom is 0.226 e. The van der Waals surface area contributed by atoms with Gasteiger partial charge >= 0.3 is 0 Å². The van der Waals surface area contributed by atoms with Crippen LogP contribution in [-0.2, 0) is 35.6 Å². The largest absolute Gasteiger partial charge is 0.361 e. The molecule has 2 aliphatic rings. The van der Waals surface area contributed by atoms with Crippen molar-refractivity contribution in [2.75, 3.05) is 6.54 Å². The molecule has 8 nitrogen and oxygen atoms in total. The van der Waals surface area contributed by atoms with Gasteiger partial charge in [-0.15, -0.1) is 0 Å². The molecular weight excluding hydrogens is 346 g/mol. The van der Waals surface area contributed by atoms with E-state index in [-0.39, 0.29) is 24.2 Å². The van der Waals surface area contributed by atoms with Crippen LogP contribution in [0.25, 0.3) is 0 Å². The first-order chi connectivity index (χ1) is 13.0. The third-order valence-electron chi connectivity index (χ3n) is 5.60. The number of carbonyl (C=O) groups excluding carboxylic acids is 2. The van der Waals surface area contributed by atoms with E-state index in [1.54, 1.807) is 0 Å². The minimum absolute atomic E-state index is 0.0860. The standard InChI is InChI=1S/C19H25N5O3/c1-12-17(13(2)27-22-12)9-18(25)20-10-15-8-16-11-23(6-7-24(16)21-15)19(26)14-4-3-5-14/h8,14H,3-7,9-11H2,1-2H3,(H,20,25). The number of aryl methyl sites for hydroxylation is 2. The number of carbonyl (C=O) groups is 2. The Kier molecular flexibility index (Phi) is 4.72. The molecule has 8 heteroatoms. The zero-order chi connectivity index (χ0) is 19.0. The average Bonchev–Trinajstić information content (AvgIpc) is 3.15. The second kappa shape index (κ2) is 7.17. The Morgan fingerprint density at radius 2 is 2.11 bits per heavy atom. The molecule has 0 unspecified atom stereocenters. The Hall–Kier alpha value is -2.64. The van der Waals surface area contributed by atoms with E-state index in [0.717, 1.165) is 35.5 Å². The SMILES string of the molecule is Cc1noc(C)c1CC(=O)NCc1cc2n(n1)CCN(C(=O)C1CCC1)C2. The van der Waals surface area contributed by atoms with Gasteiger partial charge in [0.1, 0.15) is 5.76 Å². The van der Waals surface area contributed by atoms with Gasteiger partial charge in [-0.25, -0.2) is 0 Å². The lowest BCUT2D eigenvalue weighted by atomic mass is 9.84.